The third-order valence-electron chi connectivity index (χ3n) is 5.26. The molecule has 0 fully saturated rings. The lowest BCUT2D eigenvalue weighted by Crippen LogP contribution is -2.35. The highest BCUT2D eigenvalue weighted by molar-refractivity contribution is 6.08. The van der Waals surface area contributed by atoms with Gasteiger partial charge in [0, 0.05) is 18.0 Å². The van der Waals surface area contributed by atoms with E-state index in [4.69, 9.17) is 4.74 Å². The molecule has 0 bridgehead atoms. The first kappa shape index (κ1) is 21.8. The van der Waals surface area contributed by atoms with Gasteiger partial charge in [0.2, 0.25) is 0 Å². The summed E-state index contributed by atoms with van der Waals surface area (Å²) in [6, 6.07) is 16.8. The zero-order valence-electron chi connectivity index (χ0n) is 18.4. The number of carboxylic acid groups (broad SMARTS) is 1. The number of amides is 1. The third kappa shape index (κ3) is 4.33. The highest BCUT2D eigenvalue weighted by atomic mass is 16.5. The van der Waals surface area contributed by atoms with Crippen LogP contribution < -0.4 is 10.1 Å². The number of aromatic nitrogens is 4. The van der Waals surface area contributed by atoms with Gasteiger partial charge in [-0.05, 0) is 38.1 Å². The fourth-order valence-electron chi connectivity index (χ4n) is 3.23. The first-order valence-corrected chi connectivity index (χ1v) is 10.2. The van der Waals surface area contributed by atoms with E-state index in [-0.39, 0.29) is 0 Å². The van der Waals surface area contributed by atoms with Crippen molar-refractivity contribution >= 4 is 17.6 Å². The average Bonchev–Trinajstić information content (AvgIpc) is 3.47. The van der Waals surface area contributed by atoms with Gasteiger partial charge in [-0.3, -0.25) is 9.48 Å². The molecular weight excluding hydrogens is 422 g/mol. The number of carboxylic acids is 1. The summed E-state index contributed by atoms with van der Waals surface area (Å²) >= 11 is 0. The largest absolute Gasteiger partial charge is 0.497 e. The number of nitrogens with zero attached hydrogens (tertiary/aromatic N) is 4. The van der Waals surface area contributed by atoms with Crippen molar-refractivity contribution in [3.05, 3.63) is 78.8 Å². The van der Waals surface area contributed by atoms with Crippen LogP contribution in [0.25, 0.3) is 16.9 Å². The number of hydrogen-bond acceptors (Lipinski definition) is 5. The highest BCUT2D eigenvalue weighted by Crippen LogP contribution is 2.28. The Labute approximate surface area is 190 Å². The van der Waals surface area contributed by atoms with E-state index >= 15 is 0 Å². The minimum absolute atomic E-state index is 0.345. The van der Waals surface area contributed by atoms with Gasteiger partial charge in [-0.15, -0.1) is 0 Å². The monoisotopic (exact) mass is 445 g/mol. The zero-order valence-corrected chi connectivity index (χ0v) is 18.4. The molecule has 4 rings (SSSR count). The number of ether oxygens (including phenoxy) is 1. The highest BCUT2D eigenvalue weighted by Gasteiger charge is 2.30. The van der Waals surface area contributed by atoms with Crippen LogP contribution in [0.5, 0.6) is 5.75 Å². The second kappa shape index (κ2) is 8.62. The molecule has 0 spiro atoms. The number of methoxy groups -OCH3 is 1. The molecule has 1 amide bonds. The lowest BCUT2D eigenvalue weighted by atomic mass is 10.1. The molecule has 0 aliphatic carbocycles. The zero-order chi connectivity index (χ0) is 23.6. The number of nitrogens with one attached hydrogen (secondary N) is 1. The minimum atomic E-state index is -1.26. The van der Waals surface area contributed by atoms with Gasteiger partial charge >= 0.3 is 5.97 Å². The van der Waals surface area contributed by atoms with Gasteiger partial charge in [-0.2, -0.15) is 10.2 Å². The van der Waals surface area contributed by atoms with Gasteiger partial charge in [-0.25, -0.2) is 9.48 Å². The summed E-state index contributed by atoms with van der Waals surface area (Å²) in [6.45, 7) is 3.05. The molecule has 9 heteroatoms. The van der Waals surface area contributed by atoms with E-state index in [1.807, 2.05) is 54.6 Å². The number of aliphatic carboxylic acids is 1. The number of carbonyl (C=O) groups is 2. The Morgan fingerprint density at radius 2 is 1.82 bits per heavy atom. The summed E-state index contributed by atoms with van der Waals surface area (Å²) in [5.41, 5.74) is 1.46. The molecule has 0 aliphatic rings. The van der Waals surface area contributed by atoms with E-state index in [1.54, 1.807) is 18.0 Å². The number of rotatable bonds is 7. The predicted octanol–water partition coefficient (Wildman–Crippen LogP) is 3.82. The molecule has 2 aromatic carbocycles. The van der Waals surface area contributed by atoms with Gasteiger partial charge < -0.3 is 15.2 Å². The molecule has 4 aromatic rings. The number of benzene rings is 2. The number of hydrogen-bond donors (Lipinski definition) is 2. The van der Waals surface area contributed by atoms with Gasteiger partial charge in [0.05, 0.1) is 30.2 Å². The Morgan fingerprint density at radius 3 is 2.52 bits per heavy atom. The van der Waals surface area contributed by atoms with E-state index in [0.717, 1.165) is 11.3 Å². The Hall–Kier alpha value is -4.40. The second-order valence-corrected chi connectivity index (χ2v) is 7.90. The van der Waals surface area contributed by atoms with E-state index in [9.17, 15) is 14.7 Å². The number of carbonyl (C=O) groups excluding carboxylic acids is 1. The maximum absolute atomic E-state index is 13.3. The molecule has 2 N–H and O–H groups in total. The summed E-state index contributed by atoms with van der Waals surface area (Å²) < 4.78 is 8.26. The van der Waals surface area contributed by atoms with E-state index < -0.39 is 17.4 Å². The van der Waals surface area contributed by atoms with E-state index in [0.29, 0.717) is 22.7 Å². The molecule has 168 valence electrons. The Kier molecular flexibility index (Phi) is 5.70. The van der Waals surface area contributed by atoms with Crippen molar-refractivity contribution in [1.29, 1.82) is 0 Å². The van der Waals surface area contributed by atoms with Gasteiger partial charge in [0.25, 0.3) is 5.91 Å². The molecule has 33 heavy (non-hydrogen) atoms. The van der Waals surface area contributed by atoms with Crippen LogP contribution in [0.2, 0.25) is 0 Å². The lowest BCUT2D eigenvalue weighted by molar-refractivity contribution is -0.146. The van der Waals surface area contributed by atoms with Crippen LogP contribution in [0.4, 0.5) is 5.69 Å². The van der Waals surface area contributed by atoms with Crippen LogP contribution in [0.1, 0.15) is 24.2 Å². The SMILES string of the molecule is COc1cccc(-c2nn(-c3ccccc3)cc2C(=O)Nc2cnn(C(C)(C)C(=O)O)c2)c1. The van der Waals surface area contributed by atoms with E-state index in [1.165, 1.54) is 30.9 Å². The number of para-hydroxylation sites is 1. The summed E-state index contributed by atoms with van der Waals surface area (Å²) in [4.78, 5) is 24.7. The van der Waals surface area contributed by atoms with Gasteiger partial charge in [-0.1, -0.05) is 30.3 Å². The van der Waals surface area contributed by atoms with Crippen LogP contribution in [-0.4, -0.2) is 43.7 Å². The molecular formula is C24H23N5O4. The molecule has 0 unspecified atom stereocenters. The Balaban J connectivity index is 1.71. The molecule has 9 nitrogen and oxygen atoms in total. The number of anilines is 1. The Morgan fingerprint density at radius 1 is 1.06 bits per heavy atom. The fourth-order valence-corrected chi connectivity index (χ4v) is 3.23. The van der Waals surface area contributed by atoms with Crippen molar-refractivity contribution in [2.24, 2.45) is 0 Å². The molecule has 0 saturated heterocycles. The first-order valence-electron chi connectivity index (χ1n) is 10.2. The molecule has 2 aromatic heterocycles. The van der Waals surface area contributed by atoms with Crippen molar-refractivity contribution in [3.8, 4) is 22.7 Å². The summed E-state index contributed by atoms with van der Waals surface area (Å²) in [5.74, 6) is -0.791. The van der Waals surface area contributed by atoms with E-state index in [2.05, 4.69) is 15.5 Å². The van der Waals surface area contributed by atoms with Crippen molar-refractivity contribution < 1.29 is 19.4 Å². The topological polar surface area (TPSA) is 111 Å². The third-order valence-corrected chi connectivity index (χ3v) is 5.26. The van der Waals surface area contributed by atoms with Gasteiger partial charge in [0.1, 0.15) is 11.4 Å². The van der Waals surface area contributed by atoms with Crippen LogP contribution in [-0.2, 0) is 10.3 Å². The molecule has 2 heterocycles. The lowest BCUT2D eigenvalue weighted by Gasteiger charge is -2.19. The summed E-state index contributed by atoms with van der Waals surface area (Å²) in [5, 5.41) is 21.0. The molecule has 0 atom stereocenters. The van der Waals surface area contributed by atoms with Gasteiger partial charge in [0.15, 0.2) is 5.54 Å². The van der Waals surface area contributed by atoms with Crippen molar-refractivity contribution in [3.63, 3.8) is 0 Å². The van der Waals surface area contributed by atoms with Crippen molar-refractivity contribution in [1.82, 2.24) is 19.6 Å². The predicted molar refractivity (Wildman–Crippen MR) is 123 cm³/mol. The van der Waals surface area contributed by atoms with Crippen LogP contribution in [0, 0.1) is 0 Å². The standard InChI is InChI=1S/C24H23N5O4/c1-24(2,23(31)32)29-14-17(13-25-29)26-22(30)20-15-28(18-9-5-4-6-10-18)27-21(20)16-8-7-11-19(12-16)33-3/h4-15H,1-3H3,(H,26,30)(H,31,32). The first-order chi connectivity index (χ1) is 15.8. The Bertz CT molecular complexity index is 1310. The minimum Gasteiger partial charge on any atom is -0.497 e. The van der Waals surface area contributed by atoms with Crippen LogP contribution in [0.15, 0.2) is 73.2 Å². The quantitative estimate of drug-likeness (QED) is 0.447. The fraction of sp³-hybridized carbons (Fsp3) is 0.167. The van der Waals surface area contributed by atoms with Crippen LogP contribution in [0.3, 0.4) is 0 Å². The van der Waals surface area contributed by atoms with Crippen LogP contribution >= 0.6 is 0 Å². The normalized spacial score (nSPS) is 11.2. The maximum Gasteiger partial charge on any atom is 0.331 e. The van der Waals surface area contributed by atoms with Crippen molar-refractivity contribution in [2.75, 3.05) is 12.4 Å². The second-order valence-electron chi connectivity index (χ2n) is 7.90. The maximum atomic E-state index is 13.3. The smallest absolute Gasteiger partial charge is 0.331 e. The average molecular weight is 445 g/mol. The summed E-state index contributed by atoms with van der Waals surface area (Å²) in [6.07, 6.45) is 4.55. The van der Waals surface area contributed by atoms with Crippen molar-refractivity contribution in [2.45, 2.75) is 19.4 Å². The molecule has 0 radical (unpaired) electrons. The molecule has 0 aliphatic heterocycles. The molecule has 0 saturated carbocycles. The summed E-state index contributed by atoms with van der Waals surface area (Å²) in [7, 11) is 1.57.